The van der Waals surface area contributed by atoms with Gasteiger partial charge in [-0.3, -0.25) is 0 Å². The number of amides is 2. The van der Waals surface area contributed by atoms with Crippen LogP contribution in [0.1, 0.15) is 24.4 Å². The van der Waals surface area contributed by atoms with Crippen LogP contribution in [-0.4, -0.2) is 52.8 Å². The first-order chi connectivity index (χ1) is 17.4. The van der Waals surface area contributed by atoms with Gasteiger partial charge in [-0.15, -0.1) is 0 Å². The Morgan fingerprint density at radius 1 is 1.42 bits per heavy atom. The van der Waals surface area contributed by atoms with E-state index >= 15 is 0 Å². The number of methoxy groups -OCH3 is 1. The van der Waals surface area contributed by atoms with Crippen molar-refractivity contribution < 1.29 is 18.7 Å². The van der Waals surface area contributed by atoms with Gasteiger partial charge in [-0.2, -0.15) is 0 Å². The number of nitrogen functional groups attached to an aromatic ring is 1. The summed E-state index contributed by atoms with van der Waals surface area (Å²) in [5, 5.41) is 6.35. The molecule has 11 heteroatoms. The molecule has 1 aromatic heterocycles. The number of benzene rings is 1. The Labute approximate surface area is 213 Å². The average molecular weight is 513 g/mol. The summed E-state index contributed by atoms with van der Waals surface area (Å²) in [6.45, 7) is 1.36. The second-order valence-corrected chi connectivity index (χ2v) is 9.99. The van der Waals surface area contributed by atoms with E-state index in [1.807, 2.05) is 11.6 Å². The molecule has 3 heterocycles. The summed E-state index contributed by atoms with van der Waals surface area (Å²) < 4.78 is 27.4. The van der Waals surface area contributed by atoms with Gasteiger partial charge in [-0.05, 0) is 37.1 Å². The Hall–Kier alpha value is -3.44. The third kappa shape index (κ3) is 5.21. The summed E-state index contributed by atoms with van der Waals surface area (Å²) in [4.78, 5) is 21.0. The van der Waals surface area contributed by atoms with Gasteiger partial charge in [0, 0.05) is 44.7 Å². The van der Waals surface area contributed by atoms with Crippen molar-refractivity contribution in [3.8, 4) is 5.75 Å². The third-order valence-electron chi connectivity index (χ3n) is 6.16. The zero-order chi connectivity index (χ0) is 25.2. The standard InChI is InChI=1S/C25H29FN6O3S/c1-31-17(14-32(9-10-34-2)25(33)30-16-4-5-16)13-29-24(31)22-12-19-23(36-22)21(7-8-28-19)35-20-6-3-15(27)11-18(20)26/h3,6-8,11-13,16,19,28H,4-5,9-10,14,27H2,1-2H3,(H,30,33). The summed E-state index contributed by atoms with van der Waals surface area (Å²) in [5.41, 5.74) is 6.90. The highest BCUT2D eigenvalue weighted by Gasteiger charge is 2.31. The second-order valence-electron chi connectivity index (χ2n) is 8.90. The van der Waals surface area contributed by atoms with Crippen molar-refractivity contribution in [1.29, 1.82) is 0 Å². The number of nitrogens with two attached hydrogens (primary N) is 1. The van der Waals surface area contributed by atoms with Crippen molar-refractivity contribution in [2.45, 2.75) is 31.5 Å². The van der Waals surface area contributed by atoms with E-state index in [9.17, 15) is 9.18 Å². The molecule has 1 fully saturated rings. The Morgan fingerprint density at radius 3 is 3.00 bits per heavy atom. The first kappa shape index (κ1) is 24.3. The number of carbonyl (C=O) groups excluding carboxylic acids is 1. The van der Waals surface area contributed by atoms with Gasteiger partial charge in [0.15, 0.2) is 11.6 Å². The number of imidazole rings is 1. The number of anilines is 1. The van der Waals surface area contributed by atoms with E-state index in [2.05, 4.69) is 21.7 Å². The molecule has 190 valence electrons. The van der Waals surface area contributed by atoms with E-state index in [1.54, 1.807) is 36.5 Å². The molecule has 2 aliphatic heterocycles. The molecule has 2 amide bonds. The quantitative estimate of drug-likeness (QED) is 0.443. The highest BCUT2D eigenvalue weighted by Crippen LogP contribution is 2.45. The number of ether oxygens (including phenoxy) is 2. The molecule has 5 rings (SSSR count). The second kappa shape index (κ2) is 10.3. The number of hydrogen-bond donors (Lipinski definition) is 3. The van der Waals surface area contributed by atoms with E-state index in [1.165, 1.54) is 23.9 Å². The molecule has 3 aliphatic rings. The van der Waals surface area contributed by atoms with E-state index < -0.39 is 5.82 Å². The van der Waals surface area contributed by atoms with Crippen LogP contribution in [-0.2, 0) is 18.3 Å². The number of hydrogen-bond acceptors (Lipinski definition) is 7. The monoisotopic (exact) mass is 512 g/mol. The van der Waals surface area contributed by atoms with Crippen LogP contribution in [0.5, 0.6) is 5.75 Å². The van der Waals surface area contributed by atoms with Crippen LogP contribution in [0.3, 0.4) is 0 Å². The van der Waals surface area contributed by atoms with Crippen molar-refractivity contribution in [2.75, 3.05) is 26.0 Å². The predicted octanol–water partition coefficient (Wildman–Crippen LogP) is 3.33. The molecule has 0 saturated heterocycles. The SMILES string of the molecule is COCCN(Cc1cnc(C2=CC3NC=CC(Oc4ccc(N)cc4F)=C3S2)n1C)C(=O)NC1CC1. The van der Waals surface area contributed by atoms with Gasteiger partial charge in [0.25, 0.3) is 0 Å². The molecule has 1 aliphatic carbocycles. The molecule has 0 radical (unpaired) electrons. The van der Waals surface area contributed by atoms with Gasteiger partial charge in [0.1, 0.15) is 11.6 Å². The largest absolute Gasteiger partial charge is 0.453 e. The molecule has 0 bridgehead atoms. The van der Waals surface area contributed by atoms with Crippen molar-refractivity contribution in [2.24, 2.45) is 7.05 Å². The van der Waals surface area contributed by atoms with Crippen molar-refractivity contribution in [3.05, 3.63) is 70.7 Å². The van der Waals surface area contributed by atoms with Gasteiger partial charge < -0.3 is 35.3 Å². The predicted molar refractivity (Wildman–Crippen MR) is 137 cm³/mol. The molecule has 1 aromatic carbocycles. The number of nitrogens with zero attached hydrogens (tertiary/aromatic N) is 3. The molecule has 1 atom stereocenters. The minimum Gasteiger partial charge on any atom is -0.453 e. The van der Waals surface area contributed by atoms with E-state index in [-0.39, 0.29) is 23.9 Å². The van der Waals surface area contributed by atoms with Crippen molar-refractivity contribution >= 4 is 28.4 Å². The lowest BCUT2D eigenvalue weighted by Crippen LogP contribution is -2.42. The van der Waals surface area contributed by atoms with E-state index in [4.69, 9.17) is 15.2 Å². The maximum atomic E-state index is 14.3. The Morgan fingerprint density at radius 2 is 2.25 bits per heavy atom. The molecule has 36 heavy (non-hydrogen) atoms. The van der Waals surface area contributed by atoms with Gasteiger partial charge in [0.2, 0.25) is 0 Å². The highest BCUT2D eigenvalue weighted by atomic mass is 32.2. The Balaban J connectivity index is 1.32. The van der Waals surface area contributed by atoms with Crippen LogP contribution >= 0.6 is 11.8 Å². The van der Waals surface area contributed by atoms with Crippen LogP contribution in [0.2, 0.25) is 0 Å². The van der Waals surface area contributed by atoms with Crippen LogP contribution in [0.25, 0.3) is 4.91 Å². The summed E-state index contributed by atoms with van der Waals surface area (Å²) in [7, 11) is 3.56. The molecule has 4 N–H and O–H groups in total. The fourth-order valence-electron chi connectivity index (χ4n) is 3.97. The molecule has 1 unspecified atom stereocenters. The van der Waals surface area contributed by atoms with Crippen LogP contribution < -0.4 is 21.1 Å². The third-order valence-corrected chi connectivity index (χ3v) is 7.38. The Kier molecular flexibility index (Phi) is 6.92. The summed E-state index contributed by atoms with van der Waals surface area (Å²) in [6.07, 6.45) is 9.49. The zero-order valence-corrected chi connectivity index (χ0v) is 21.0. The summed E-state index contributed by atoms with van der Waals surface area (Å²) >= 11 is 1.53. The topological polar surface area (TPSA) is 107 Å². The molecule has 9 nitrogen and oxygen atoms in total. The van der Waals surface area contributed by atoms with Crippen LogP contribution in [0.15, 0.2) is 53.4 Å². The number of rotatable bonds is 9. The van der Waals surface area contributed by atoms with Gasteiger partial charge in [-0.1, -0.05) is 11.8 Å². The number of aromatic nitrogens is 2. The van der Waals surface area contributed by atoms with E-state index in [0.29, 0.717) is 31.1 Å². The van der Waals surface area contributed by atoms with Gasteiger partial charge in [-0.25, -0.2) is 14.2 Å². The number of urea groups is 1. The maximum absolute atomic E-state index is 14.3. The minimum absolute atomic E-state index is 0.0881. The number of thioether (sulfide) groups is 1. The number of nitrogens with one attached hydrogen (secondary N) is 2. The fraction of sp³-hybridized carbons (Fsp3) is 0.360. The lowest BCUT2D eigenvalue weighted by Gasteiger charge is -2.23. The van der Waals surface area contributed by atoms with Gasteiger partial charge >= 0.3 is 6.03 Å². The molecule has 2 aromatic rings. The summed E-state index contributed by atoms with van der Waals surface area (Å²) in [5.74, 6) is 0.952. The Bertz CT molecular complexity index is 1250. The first-order valence-electron chi connectivity index (χ1n) is 11.8. The lowest BCUT2D eigenvalue weighted by atomic mass is 10.2. The van der Waals surface area contributed by atoms with Crippen LogP contribution in [0.4, 0.5) is 14.9 Å². The smallest absolute Gasteiger partial charge is 0.318 e. The number of dihydropyridines is 1. The van der Waals surface area contributed by atoms with E-state index in [0.717, 1.165) is 34.2 Å². The number of carbonyl (C=O) groups is 1. The minimum atomic E-state index is -0.514. The fourth-order valence-corrected chi connectivity index (χ4v) is 5.16. The molecular formula is C25H29FN6O3S. The molecular weight excluding hydrogens is 483 g/mol. The number of allylic oxidation sites excluding steroid dienone is 1. The first-order valence-corrected chi connectivity index (χ1v) is 12.6. The summed E-state index contributed by atoms with van der Waals surface area (Å²) in [6, 6.07) is 4.45. The number of fused-ring (bicyclic) bond motifs is 1. The number of halogens is 1. The van der Waals surface area contributed by atoms with Gasteiger partial charge in [0.05, 0.1) is 40.9 Å². The van der Waals surface area contributed by atoms with Crippen molar-refractivity contribution in [3.63, 3.8) is 0 Å². The molecule has 1 saturated carbocycles. The molecule has 0 spiro atoms. The highest BCUT2D eigenvalue weighted by molar-refractivity contribution is 8.12. The average Bonchev–Trinajstić information content (AvgIpc) is 3.44. The maximum Gasteiger partial charge on any atom is 0.318 e. The normalized spacial score (nSPS) is 18.5. The van der Waals surface area contributed by atoms with Crippen molar-refractivity contribution in [1.82, 2.24) is 25.1 Å². The lowest BCUT2D eigenvalue weighted by molar-refractivity contribution is 0.145. The zero-order valence-electron chi connectivity index (χ0n) is 20.2. The van der Waals surface area contributed by atoms with Crippen LogP contribution in [0, 0.1) is 5.82 Å².